The number of carbonyl (C=O) groups excluding carboxylic acids is 1. The Labute approximate surface area is 142 Å². The zero-order chi connectivity index (χ0) is 16.2. The topological polar surface area (TPSA) is 66.7 Å². The van der Waals surface area contributed by atoms with Gasteiger partial charge >= 0.3 is 0 Å². The summed E-state index contributed by atoms with van der Waals surface area (Å²) in [5, 5.41) is 3.05. The van der Waals surface area contributed by atoms with Gasteiger partial charge in [0.05, 0.1) is 30.2 Å². The third-order valence-electron chi connectivity index (χ3n) is 3.30. The van der Waals surface area contributed by atoms with Crippen LogP contribution in [0, 0.1) is 0 Å². The quantitative estimate of drug-likeness (QED) is 0.902. The number of hydrogen-bond acceptors (Lipinski definition) is 5. The number of ketones is 1. The van der Waals surface area contributed by atoms with Gasteiger partial charge in [-0.2, -0.15) is 0 Å². The van der Waals surface area contributed by atoms with Gasteiger partial charge in [0.1, 0.15) is 11.6 Å². The Morgan fingerprint density at radius 1 is 1.30 bits per heavy atom. The van der Waals surface area contributed by atoms with Gasteiger partial charge in [0, 0.05) is 16.2 Å². The van der Waals surface area contributed by atoms with Crippen LogP contribution in [0.1, 0.15) is 18.2 Å². The number of aromatic nitrogens is 1. The molecular formula is C17H15BrN4O. The maximum Gasteiger partial charge on any atom is 0.148 e. The second-order valence-corrected chi connectivity index (χ2v) is 6.07. The first-order chi connectivity index (χ1) is 11.1. The Morgan fingerprint density at radius 3 is 2.91 bits per heavy atom. The van der Waals surface area contributed by atoms with Gasteiger partial charge in [0.25, 0.3) is 0 Å². The number of pyridine rings is 1. The van der Waals surface area contributed by atoms with E-state index in [0.717, 1.165) is 27.1 Å². The van der Waals surface area contributed by atoms with Gasteiger partial charge in [-0.1, -0.05) is 22.0 Å². The molecule has 0 aliphatic carbocycles. The van der Waals surface area contributed by atoms with E-state index in [1.165, 1.54) is 6.92 Å². The lowest BCUT2D eigenvalue weighted by molar-refractivity contribution is -0.115. The lowest BCUT2D eigenvalue weighted by Gasteiger charge is -2.07. The fraction of sp³-hybridized carbons (Fsp3) is 0.176. The van der Waals surface area contributed by atoms with Gasteiger partial charge < -0.3 is 5.32 Å². The van der Waals surface area contributed by atoms with E-state index < -0.39 is 0 Å². The summed E-state index contributed by atoms with van der Waals surface area (Å²) in [6.45, 7) is 2.17. The second-order valence-electron chi connectivity index (χ2n) is 5.16. The predicted molar refractivity (Wildman–Crippen MR) is 94.7 cm³/mol. The number of halogens is 1. The van der Waals surface area contributed by atoms with E-state index in [1.54, 1.807) is 6.20 Å². The van der Waals surface area contributed by atoms with Crippen LogP contribution in [0.5, 0.6) is 0 Å². The zero-order valence-corrected chi connectivity index (χ0v) is 14.2. The number of benzene rings is 1. The molecule has 1 aromatic carbocycles. The molecule has 0 fully saturated rings. The number of amidine groups is 1. The van der Waals surface area contributed by atoms with Crippen molar-refractivity contribution < 1.29 is 4.79 Å². The Hall–Kier alpha value is -2.34. The number of carbonyl (C=O) groups is 1. The monoisotopic (exact) mass is 370 g/mol. The number of aliphatic imine (C=N–C) groups is 2. The summed E-state index contributed by atoms with van der Waals surface area (Å²) >= 11 is 3.50. The predicted octanol–water partition coefficient (Wildman–Crippen LogP) is 2.90. The Kier molecular flexibility index (Phi) is 4.62. The first-order valence-electron chi connectivity index (χ1n) is 7.20. The minimum Gasteiger partial charge on any atom is -0.365 e. The Morgan fingerprint density at radius 2 is 2.17 bits per heavy atom. The first-order valence-corrected chi connectivity index (χ1v) is 7.99. The van der Waals surface area contributed by atoms with Gasteiger partial charge in [0.2, 0.25) is 0 Å². The van der Waals surface area contributed by atoms with Crippen molar-refractivity contribution >= 4 is 38.9 Å². The molecule has 0 unspecified atom stereocenters. The normalized spacial score (nSPS) is 13.5. The fourth-order valence-corrected chi connectivity index (χ4v) is 2.62. The lowest BCUT2D eigenvalue weighted by Crippen LogP contribution is -2.30. The van der Waals surface area contributed by atoms with Crippen LogP contribution in [-0.4, -0.2) is 35.4 Å². The van der Waals surface area contributed by atoms with E-state index in [1.807, 2.05) is 36.4 Å². The van der Waals surface area contributed by atoms with Gasteiger partial charge in [-0.15, -0.1) is 0 Å². The summed E-state index contributed by atoms with van der Waals surface area (Å²) in [4.78, 5) is 24.9. The summed E-state index contributed by atoms with van der Waals surface area (Å²) in [5.74, 6) is 0.733. The van der Waals surface area contributed by atoms with Crippen LogP contribution in [0.2, 0.25) is 0 Å². The zero-order valence-electron chi connectivity index (χ0n) is 12.6. The molecule has 0 amide bonds. The van der Waals surface area contributed by atoms with Crippen molar-refractivity contribution in [1.82, 2.24) is 10.3 Å². The van der Waals surface area contributed by atoms with Gasteiger partial charge in [0.15, 0.2) is 0 Å². The molecule has 1 aromatic heterocycles. The van der Waals surface area contributed by atoms with Crippen molar-refractivity contribution in [3.8, 4) is 0 Å². The van der Waals surface area contributed by atoms with Crippen LogP contribution in [0.25, 0.3) is 0 Å². The minimum atomic E-state index is 0.0573. The van der Waals surface area contributed by atoms with E-state index >= 15 is 0 Å². The smallest absolute Gasteiger partial charge is 0.148 e. The van der Waals surface area contributed by atoms with Crippen LogP contribution in [0.3, 0.4) is 0 Å². The number of Topliss-reactive ketones (excluding diaryl/α,β-unsaturated/α-hetero) is 1. The van der Waals surface area contributed by atoms with Crippen molar-refractivity contribution in [2.75, 3.05) is 13.1 Å². The van der Waals surface area contributed by atoms with Gasteiger partial charge in [-0.3, -0.25) is 14.8 Å². The molecule has 5 nitrogen and oxygen atoms in total. The van der Waals surface area contributed by atoms with Gasteiger partial charge in [-0.25, -0.2) is 4.99 Å². The molecule has 1 N–H and O–H groups in total. The van der Waals surface area contributed by atoms with E-state index in [2.05, 4.69) is 36.2 Å². The third kappa shape index (κ3) is 3.71. The molecule has 6 heteroatoms. The second kappa shape index (κ2) is 6.83. The summed E-state index contributed by atoms with van der Waals surface area (Å²) in [6, 6.07) is 11.6. The SMILES string of the molecule is CC(=O)CNC1=Nc2ccc(Br)cc2C(c2ccccn2)=NC1. The van der Waals surface area contributed by atoms with Crippen molar-refractivity contribution in [2.24, 2.45) is 9.98 Å². The molecule has 0 spiro atoms. The number of nitrogens with zero attached hydrogens (tertiary/aromatic N) is 3. The number of nitrogens with one attached hydrogen (secondary N) is 1. The minimum absolute atomic E-state index is 0.0573. The first kappa shape index (κ1) is 15.6. The maximum atomic E-state index is 11.2. The van der Waals surface area contributed by atoms with Crippen LogP contribution in [0.15, 0.2) is 57.1 Å². The van der Waals surface area contributed by atoms with Crippen molar-refractivity contribution in [3.63, 3.8) is 0 Å². The fourth-order valence-electron chi connectivity index (χ4n) is 2.26. The molecule has 116 valence electrons. The highest BCUT2D eigenvalue weighted by Gasteiger charge is 2.17. The number of hydrogen-bond donors (Lipinski definition) is 1. The molecule has 2 aromatic rings. The summed E-state index contributed by atoms with van der Waals surface area (Å²) < 4.78 is 0.954. The van der Waals surface area contributed by atoms with E-state index in [0.29, 0.717) is 12.4 Å². The maximum absolute atomic E-state index is 11.2. The highest BCUT2D eigenvalue weighted by Crippen LogP contribution is 2.27. The molecule has 1 aliphatic rings. The lowest BCUT2D eigenvalue weighted by atomic mass is 10.0. The molecule has 1 aliphatic heterocycles. The highest BCUT2D eigenvalue weighted by molar-refractivity contribution is 9.10. The van der Waals surface area contributed by atoms with Crippen LogP contribution in [0.4, 0.5) is 5.69 Å². The number of fused-ring (bicyclic) bond motifs is 1. The van der Waals surface area contributed by atoms with Crippen molar-refractivity contribution in [1.29, 1.82) is 0 Å². The summed E-state index contributed by atoms with van der Waals surface area (Å²) in [5.41, 5.74) is 3.32. The molecular weight excluding hydrogens is 356 g/mol. The molecule has 0 atom stereocenters. The number of rotatable bonds is 3. The third-order valence-corrected chi connectivity index (χ3v) is 3.80. The largest absolute Gasteiger partial charge is 0.365 e. The molecule has 0 saturated carbocycles. The van der Waals surface area contributed by atoms with E-state index in [4.69, 9.17) is 0 Å². The van der Waals surface area contributed by atoms with Crippen LogP contribution in [-0.2, 0) is 4.79 Å². The Balaban J connectivity index is 2.05. The molecule has 23 heavy (non-hydrogen) atoms. The summed E-state index contributed by atoms with van der Waals surface area (Å²) in [6.07, 6.45) is 1.75. The molecule has 3 rings (SSSR count). The van der Waals surface area contributed by atoms with Crippen LogP contribution >= 0.6 is 15.9 Å². The highest BCUT2D eigenvalue weighted by atomic mass is 79.9. The molecule has 0 bridgehead atoms. The van der Waals surface area contributed by atoms with Crippen molar-refractivity contribution in [3.05, 3.63) is 58.3 Å². The van der Waals surface area contributed by atoms with Gasteiger partial charge in [-0.05, 0) is 37.3 Å². The van der Waals surface area contributed by atoms with Crippen LogP contribution < -0.4 is 5.32 Å². The standard InChI is InChI=1S/C17H15BrN4O/c1-11(23)9-20-16-10-21-17(15-4-2-3-7-19-15)13-8-12(18)5-6-14(13)22-16/h2-8H,9-10H2,1H3,(H,20,22). The summed E-state index contributed by atoms with van der Waals surface area (Å²) in [7, 11) is 0. The molecule has 2 heterocycles. The average Bonchev–Trinajstić information content (AvgIpc) is 2.73. The Bertz CT molecular complexity index is 799. The molecule has 0 saturated heterocycles. The average molecular weight is 371 g/mol. The molecule has 0 radical (unpaired) electrons. The van der Waals surface area contributed by atoms with Crippen molar-refractivity contribution in [2.45, 2.75) is 6.92 Å². The van der Waals surface area contributed by atoms with E-state index in [-0.39, 0.29) is 12.3 Å². The van der Waals surface area contributed by atoms with E-state index in [9.17, 15) is 4.79 Å².